The minimum absolute atomic E-state index is 0.661. The normalized spacial score (nSPS) is 13.7. The highest BCUT2D eigenvalue weighted by Crippen LogP contribution is 2.39. The van der Waals surface area contributed by atoms with Crippen LogP contribution in [0.4, 0.5) is 0 Å². The monoisotopic (exact) mass is 289 g/mol. The first-order valence-corrected chi connectivity index (χ1v) is 11.6. The number of rotatable bonds is 8. The molecule has 0 aromatic rings. The van der Waals surface area contributed by atoms with E-state index in [0.717, 1.165) is 12.6 Å². The fourth-order valence-corrected chi connectivity index (χ4v) is 14.4. The van der Waals surface area contributed by atoms with Gasteiger partial charge in [0, 0.05) is 0 Å². The summed E-state index contributed by atoms with van der Waals surface area (Å²) in [6, 6.07) is 1.12. The van der Waals surface area contributed by atoms with E-state index < -0.39 is 17.4 Å². The Labute approximate surface area is 118 Å². The summed E-state index contributed by atoms with van der Waals surface area (Å²) >= 11 is 0. The number of hydrogen-bond donors (Lipinski definition) is 1. The molecule has 0 radical (unpaired) electrons. The Hall–Kier alpha value is 0.354. The molecule has 0 rings (SSSR count). The van der Waals surface area contributed by atoms with Crippen LogP contribution in [0.25, 0.3) is 0 Å². The average molecular weight is 290 g/mol. The van der Waals surface area contributed by atoms with Gasteiger partial charge >= 0.3 is 0 Å². The van der Waals surface area contributed by atoms with Crippen molar-refractivity contribution >= 4 is 17.4 Å². The van der Waals surface area contributed by atoms with E-state index in [-0.39, 0.29) is 0 Å². The fraction of sp³-hybridized carbons (Fsp3) is 1.00. The van der Waals surface area contributed by atoms with Gasteiger partial charge in [-0.1, -0.05) is 55.4 Å². The molecule has 0 amide bonds. The molecule has 0 bridgehead atoms. The van der Waals surface area contributed by atoms with Crippen molar-refractivity contribution in [2.45, 2.75) is 83.6 Å². The van der Waals surface area contributed by atoms with E-state index in [1.54, 1.807) is 0 Å². The maximum absolute atomic E-state index is 6.92. The predicted octanol–water partition coefficient (Wildman–Crippen LogP) is 4.27. The first-order valence-electron chi connectivity index (χ1n) is 7.56. The standard InChI is InChI=1S/C14H35NOSi2/c1-11(2)17(12(3)4)16-18(10-9-15,13(5)6)14(7)8/h11-14,17H,9-10,15H2,1-8H3. The van der Waals surface area contributed by atoms with E-state index in [1.165, 1.54) is 0 Å². The maximum Gasteiger partial charge on any atom is 0.185 e. The number of nitrogens with two attached hydrogens (primary N) is 1. The average Bonchev–Trinajstić information content (AvgIpc) is 2.21. The van der Waals surface area contributed by atoms with Crippen LogP contribution in [-0.2, 0) is 4.12 Å². The summed E-state index contributed by atoms with van der Waals surface area (Å²) in [7, 11) is -2.85. The molecule has 0 aromatic heterocycles. The van der Waals surface area contributed by atoms with E-state index in [9.17, 15) is 0 Å². The highest BCUT2D eigenvalue weighted by atomic mass is 28.4. The largest absolute Gasteiger partial charge is 0.457 e. The van der Waals surface area contributed by atoms with Gasteiger partial charge in [0.25, 0.3) is 0 Å². The van der Waals surface area contributed by atoms with Crippen LogP contribution in [0.5, 0.6) is 0 Å². The highest BCUT2D eigenvalue weighted by Gasteiger charge is 2.43. The quantitative estimate of drug-likeness (QED) is 0.677. The van der Waals surface area contributed by atoms with Crippen molar-refractivity contribution < 1.29 is 4.12 Å². The molecule has 4 heteroatoms. The first-order chi connectivity index (χ1) is 8.19. The third-order valence-corrected chi connectivity index (χ3v) is 14.6. The van der Waals surface area contributed by atoms with Crippen LogP contribution in [0.15, 0.2) is 0 Å². The zero-order chi connectivity index (χ0) is 14.5. The molecule has 0 spiro atoms. The Morgan fingerprint density at radius 1 is 0.889 bits per heavy atom. The first kappa shape index (κ1) is 18.4. The molecule has 0 heterocycles. The van der Waals surface area contributed by atoms with Gasteiger partial charge in [-0.25, -0.2) is 0 Å². The molecule has 0 aliphatic heterocycles. The second kappa shape index (κ2) is 7.83. The molecule has 0 saturated carbocycles. The minimum atomic E-state index is -1.70. The Morgan fingerprint density at radius 2 is 1.28 bits per heavy atom. The van der Waals surface area contributed by atoms with E-state index >= 15 is 0 Å². The van der Waals surface area contributed by atoms with Crippen molar-refractivity contribution in [3.8, 4) is 0 Å². The van der Waals surface area contributed by atoms with Gasteiger partial charge in [-0.05, 0) is 34.8 Å². The fourth-order valence-electron chi connectivity index (χ4n) is 3.10. The topological polar surface area (TPSA) is 35.2 Å². The summed E-state index contributed by atoms with van der Waals surface area (Å²) in [4.78, 5) is 0. The molecule has 2 N–H and O–H groups in total. The molecular weight excluding hydrogens is 254 g/mol. The minimum Gasteiger partial charge on any atom is -0.457 e. The summed E-state index contributed by atoms with van der Waals surface area (Å²) in [6.45, 7) is 19.5. The molecule has 0 atom stereocenters. The molecule has 0 saturated heterocycles. The predicted molar refractivity (Wildman–Crippen MR) is 88.2 cm³/mol. The van der Waals surface area contributed by atoms with Gasteiger partial charge in [-0.3, -0.25) is 0 Å². The van der Waals surface area contributed by atoms with Crippen molar-refractivity contribution in [1.29, 1.82) is 0 Å². The number of hydrogen-bond acceptors (Lipinski definition) is 2. The molecule has 0 unspecified atom stereocenters. The maximum atomic E-state index is 6.92. The van der Waals surface area contributed by atoms with Crippen molar-refractivity contribution in [3.05, 3.63) is 0 Å². The molecule has 18 heavy (non-hydrogen) atoms. The SMILES string of the molecule is CC(C)[SiH](O[Si](CCN)(C(C)C)C(C)C)C(C)C. The van der Waals surface area contributed by atoms with E-state index in [4.69, 9.17) is 9.85 Å². The second-order valence-corrected chi connectivity index (χ2v) is 16.1. The Bertz CT molecular complexity index is 214. The molecule has 0 aliphatic rings. The van der Waals surface area contributed by atoms with Crippen molar-refractivity contribution in [2.24, 2.45) is 5.73 Å². The van der Waals surface area contributed by atoms with Gasteiger partial charge in [0.1, 0.15) is 0 Å². The van der Waals surface area contributed by atoms with Crippen LogP contribution in [0.2, 0.25) is 28.2 Å². The van der Waals surface area contributed by atoms with Gasteiger partial charge in [0.05, 0.1) is 0 Å². The molecule has 2 nitrogen and oxygen atoms in total. The summed E-state index contributed by atoms with van der Waals surface area (Å²) in [5.41, 5.74) is 8.64. The van der Waals surface area contributed by atoms with Crippen LogP contribution in [0.1, 0.15) is 55.4 Å². The van der Waals surface area contributed by atoms with E-state index in [1.807, 2.05) is 0 Å². The van der Waals surface area contributed by atoms with Crippen LogP contribution in [0, 0.1) is 0 Å². The van der Waals surface area contributed by atoms with E-state index in [0.29, 0.717) is 22.2 Å². The lowest BCUT2D eigenvalue weighted by Gasteiger charge is -2.43. The summed E-state index contributed by atoms with van der Waals surface area (Å²) < 4.78 is 6.92. The van der Waals surface area contributed by atoms with Crippen LogP contribution >= 0.6 is 0 Å². The molecule has 0 aromatic carbocycles. The van der Waals surface area contributed by atoms with Gasteiger partial charge in [-0.15, -0.1) is 0 Å². The summed E-state index contributed by atoms with van der Waals surface area (Å²) in [6.07, 6.45) is 0. The van der Waals surface area contributed by atoms with Crippen LogP contribution in [0.3, 0.4) is 0 Å². The molecular formula is C14H35NOSi2. The molecule has 0 fully saturated rings. The van der Waals surface area contributed by atoms with Gasteiger partial charge in [-0.2, -0.15) is 0 Å². The van der Waals surface area contributed by atoms with Gasteiger partial charge < -0.3 is 9.85 Å². The molecule has 0 aliphatic carbocycles. The van der Waals surface area contributed by atoms with Crippen molar-refractivity contribution in [2.75, 3.05) is 6.54 Å². The summed E-state index contributed by atoms with van der Waals surface area (Å²) in [5.74, 6) is 0. The Balaban J connectivity index is 5.18. The van der Waals surface area contributed by atoms with Gasteiger partial charge in [0.2, 0.25) is 0 Å². The third-order valence-electron chi connectivity index (χ3n) is 4.16. The lowest BCUT2D eigenvalue weighted by Crippen LogP contribution is -2.51. The third kappa shape index (κ3) is 4.47. The smallest absolute Gasteiger partial charge is 0.185 e. The van der Waals surface area contributed by atoms with Crippen molar-refractivity contribution in [3.63, 3.8) is 0 Å². The van der Waals surface area contributed by atoms with Crippen LogP contribution in [-0.4, -0.2) is 23.9 Å². The zero-order valence-corrected chi connectivity index (χ0v) is 15.9. The zero-order valence-electron chi connectivity index (χ0n) is 13.8. The van der Waals surface area contributed by atoms with Crippen molar-refractivity contribution in [1.82, 2.24) is 0 Å². The molecule has 110 valence electrons. The summed E-state index contributed by atoms with van der Waals surface area (Å²) in [5, 5.41) is 0. The lowest BCUT2D eigenvalue weighted by molar-refractivity contribution is 0.481. The van der Waals surface area contributed by atoms with E-state index in [2.05, 4.69) is 55.4 Å². The lowest BCUT2D eigenvalue weighted by atomic mass is 10.5. The Morgan fingerprint density at radius 3 is 1.50 bits per heavy atom. The van der Waals surface area contributed by atoms with Gasteiger partial charge in [0.15, 0.2) is 17.4 Å². The Kier molecular flexibility index (Phi) is 7.98. The second-order valence-electron chi connectivity index (χ2n) is 6.87. The van der Waals surface area contributed by atoms with Crippen LogP contribution < -0.4 is 5.73 Å². The highest BCUT2D eigenvalue weighted by molar-refractivity contribution is 6.82.